The maximum Gasteiger partial charge on any atom is 0.0541 e. The van der Waals surface area contributed by atoms with Crippen molar-refractivity contribution in [1.82, 2.24) is 4.90 Å². The summed E-state index contributed by atoms with van der Waals surface area (Å²) in [5.41, 5.74) is 1.55. The molecular formula is C16H23NOS. The van der Waals surface area contributed by atoms with E-state index in [4.69, 9.17) is 0 Å². The zero-order valence-corrected chi connectivity index (χ0v) is 12.4. The zero-order valence-electron chi connectivity index (χ0n) is 11.6. The molecule has 2 aliphatic rings. The van der Waals surface area contributed by atoms with E-state index in [1.807, 2.05) is 18.7 Å². The van der Waals surface area contributed by atoms with E-state index >= 15 is 0 Å². The summed E-state index contributed by atoms with van der Waals surface area (Å²) in [6, 6.07) is 8.85. The molecule has 0 aromatic heterocycles. The topological polar surface area (TPSA) is 23.5 Å². The first kappa shape index (κ1) is 13.5. The second-order valence-electron chi connectivity index (χ2n) is 5.92. The van der Waals surface area contributed by atoms with Crippen molar-refractivity contribution in [3.8, 4) is 0 Å². The number of hydrogen-bond acceptors (Lipinski definition) is 3. The lowest BCUT2D eigenvalue weighted by atomic mass is 9.91. The van der Waals surface area contributed by atoms with E-state index in [9.17, 15) is 5.11 Å². The number of rotatable bonds is 3. The molecule has 0 spiro atoms. The van der Waals surface area contributed by atoms with Crippen LogP contribution >= 0.6 is 11.8 Å². The number of nitrogens with zero attached hydrogens (tertiary/aromatic N) is 1. The van der Waals surface area contributed by atoms with E-state index in [0.29, 0.717) is 11.8 Å². The van der Waals surface area contributed by atoms with Crippen molar-refractivity contribution in [2.24, 2.45) is 5.92 Å². The molecule has 1 aromatic rings. The lowest BCUT2D eigenvalue weighted by molar-refractivity contribution is 0.0705. The number of fused-ring (bicyclic) bond motifs is 1. The van der Waals surface area contributed by atoms with Crippen molar-refractivity contribution in [1.29, 1.82) is 0 Å². The molecule has 3 heteroatoms. The van der Waals surface area contributed by atoms with Crippen molar-refractivity contribution >= 4 is 11.8 Å². The summed E-state index contributed by atoms with van der Waals surface area (Å²) in [6.45, 7) is 5.43. The summed E-state index contributed by atoms with van der Waals surface area (Å²) in [4.78, 5) is 4.07. The Balaban J connectivity index is 1.57. The molecular weight excluding hydrogens is 254 g/mol. The van der Waals surface area contributed by atoms with Gasteiger partial charge in [-0.3, -0.25) is 0 Å². The number of hydrogen-bond donors (Lipinski definition) is 1. The molecule has 1 N–H and O–H groups in total. The van der Waals surface area contributed by atoms with Gasteiger partial charge in [0, 0.05) is 23.1 Å². The maximum atomic E-state index is 9.66. The van der Waals surface area contributed by atoms with Gasteiger partial charge in [-0.1, -0.05) is 18.2 Å². The lowest BCUT2D eigenvalue weighted by Gasteiger charge is -2.34. The van der Waals surface area contributed by atoms with Gasteiger partial charge in [0.05, 0.1) is 6.10 Å². The van der Waals surface area contributed by atoms with Crippen molar-refractivity contribution in [2.75, 3.05) is 25.4 Å². The van der Waals surface area contributed by atoms with E-state index in [0.717, 1.165) is 25.9 Å². The Bertz CT molecular complexity index is 427. The van der Waals surface area contributed by atoms with Gasteiger partial charge in [0.2, 0.25) is 0 Å². The third kappa shape index (κ3) is 2.99. The largest absolute Gasteiger partial charge is 0.393 e. The van der Waals surface area contributed by atoms with Gasteiger partial charge in [0.25, 0.3) is 0 Å². The van der Waals surface area contributed by atoms with E-state index in [1.165, 1.54) is 17.2 Å². The fraction of sp³-hybridized carbons (Fsp3) is 0.625. The molecule has 2 heterocycles. The van der Waals surface area contributed by atoms with E-state index in [2.05, 4.69) is 29.2 Å². The minimum Gasteiger partial charge on any atom is -0.393 e. The molecule has 2 unspecified atom stereocenters. The predicted octanol–water partition coefficient (Wildman–Crippen LogP) is 2.97. The average molecular weight is 277 g/mol. The summed E-state index contributed by atoms with van der Waals surface area (Å²) in [6.07, 6.45) is 2.17. The first-order chi connectivity index (χ1) is 9.24. The molecule has 2 nitrogen and oxygen atoms in total. The lowest BCUT2D eigenvalue weighted by Crippen LogP contribution is -2.39. The number of aliphatic hydroxyl groups excluding tert-OH is 1. The fourth-order valence-corrected chi connectivity index (χ4v) is 4.55. The van der Waals surface area contributed by atoms with Gasteiger partial charge in [0.1, 0.15) is 0 Å². The van der Waals surface area contributed by atoms with Crippen LogP contribution in [0.2, 0.25) is 0 Å². The fourth-order valence-electron chi connectivity index (χ4n) is 3.31. The monoisotopic (exact) mass is 277 g/mol. The summed E-state index contributed by atoms with van der Waals surface area (Å²) in [5.74, 6) is 2.45. The highest BCUT2D eigenvalue weighted by Gasteiger charge is 2.28. The van der Waals surface area contributed by atoms with Crippen LogP contribution in [0.5, 0.6) is 0 Å². The second kappa shape index (κ2) is 5.86. The van der Waals surface area contributed by atoms with Crippen LogP contribution in [0.3, 0.4) is 0 Å². The molecule has 0 radical (unpaired) electrons. The Morgan fingerprint density at radius 1 is 1.32 bits per heavy atom. The first-order valence-corrected chi connectivity index (χ1v) is 8.34. The molecule has 0 saturated carbocycles. The van der Waals surface area contributed by atoms with Crippen LogP contribution in [-0.2, 0) is 0 Å². The van der Waals surface area contributed by atoms with Crippen molar-refractivity contribution in [2.45, 2.75) is 36.7 Å². The quantitative estimate of drug-likeness (QED) is 0.919. The van der Waals surface area contributed by atoms with E-state index < -0.39 is 0 Å². The van der Waals surface area contributed by atoms with Crippen LogP contribution < -0.4 is 0 Å². The third-order valence-corrected chi connectivity index (χ3v) is 5.84. The van der Waals surface area contributed by atoms with Gasteiger partial charge in [-0.15, -0.1) is 11.8 Å². The molecule has 19 heavy (non-hydrogen) atoms. The van der Waals surface area contributed by atoms with Crippen LogP contribution in [0, 0.1) is 5.92 Å². The van der Waals surface area contributed by atoms with Crippen LogP contribution in [0.25, 0.3) is 0 Å². The second-order valence-corrected chi connectivity index (χ2v) is 6.99. The molecule has 0 bridgehead atoms. The van der Waals surface area contributed by atoms with Gasteiger partial charge in [-0.2, -0.15) is 0 Å². The first-order valence-electron chi connectivity index (χ1n) is 7.36. The Morgan fingerprint density at radius 2 is 2.05 bits per heavy atom. The molecule has 3 rings (SSSR count). The highest BCUT2D eigenvalue weighted by Crippen LogP contribution is 2.40. The van der Waals surface area contributed by atoms with Gasteiger partial charge in [-0.25, -0.2) is 0 Å². The maximum absolute atomic E-state index is 9.66. The van der Waals surface area contributed by atoms with Gasteiger partial charge in [-0.05, 0) is 50.4 Å². The normalized spacial score (nSPS) is 26.3. The van der Waals surface area contributed by atoms with Crippen molar-refractivity contribution < 1.29 is 5.11 Å². The van der Waals surface area contributed by atoms with Crippen LogP contribution in [0.15, 0.2) is 29.2 Å². The standard InChI is InChI=1S/C16H23NOS/c1-12(18)13-6-8-17(9-7-13)10-14-11-19-16-5-3-2-4-15(14)16/h2-5,12-14,18H,6-11H2,1H3. The Hall–Kier alpha value is -0.510. The highest BCUT2D eigenvalue weighted by atomic mass is 32.2. The Kier molecular flexibility index (Phi) is 4.15. The molecule has 2 atom stereocenters. The molecule has 1 fully saturated rings. The minimum absolute atomic E-state index is 0.134. The highest BCUT2D eigenvalue weighted by molar-refractivity contribution is 7.99. The summed E-state index contributed by atoms with van der Waals surface area (Å²) in [7, 11) is 0. The number of aliphatic hydroxyl groups is 1. The molecule has 1 saturated heterocycles. The van der Waals surface area contributed by atoms with Crippen molar-refractivity contribution in [3.63, 3.8) is 0 Å². The van der Waals surface area contributed by atoms with Crippen LogP contribution in [0.1, 0.15) is 31.2 Å². The van der Waals surface area contributed by atoms with E-state index in [-0.39, 0.29) is 6.10 Å². The SMILES string of the molecule is CC(O)C1CCN(CC2CSc3ccccc32)CC1. The molecule has 0 aliphatic carbocycles. The summed E-state index contributed by atoms with van der Waals surface area (Å²) in [5, 5.41) is 9.66. The molecule has 104 valence electrons. The van der Waals surface area contributed by atoms with Crippen LogP contribution in [-0.4, -0.2) is 41.5 Å². The molecule has 0 amide bonds. The molecule has 2 aliphatic heterocycles. The number of likely N-dealkylation sites (tertiary alicyclic amines) is 1. The van der Waals surface area contributed by atoms with Gasteiger partial charge in [0.15, 0.2) is 0 Å². The third-order valence-electron chi connectivity index (χ3n) is 4.59. The Labute approximate surface area is 120 Å². The summed E-state index contributed by atoms with van der Waals surface area (Å²) >= 11 is 2.00. The summed E-state index contributed by atoms with van der Waals surface area (Å²) < 4.78 is 0. The Morgan fingerprint density at radius 3 is 2.79 bits per heavy atom. The van der Waals surface area contributed by atoms with Crippen molar-refractivity contribution in [3.05, 3.63) is 29.8 Å². The predicted molar refractivity (Wildman–Crippen MR) is 80.8 cm³/mol. The zero-order chi connectivity index (χ0) is 13.2. The number of thioether (sulfide) groups is 1. The van der Waals surface area contributed by atoms with Gasteiger partial charge >= 0.3 is 0 Å². The smallest absolute Gasteiger partial charge is 0.0541 e. The minimum atomic E-state index is -0.134. The van der Waals surface area contributed by atoms with Gasteiger partial charge < -0.3 is 10.0 Å². The number of benzene rings is 1. The molecule has 1 aromatic carbocycles. The van der Waals surface area contributed by atoms with E-state index in [1.54, 1.807) is 5.56 Å². The average Bonchev–Trinajstić information content (AvgIpc) is 2.83. The van der Waals surface area contributed by atoms with Crippen LogP contribution in [0.4, 0.5) is 0 Å². The number of piperidine rings is 1.